The summed E-state index contributed by atoms with van der Waals surface area (Å²) in [5.74, 6) is 1.60. The van der Waals surface area contributed by atoms with Crippen LogP contribution in [0.5, 0.6) is 0 Å². The molecule has 1 aromatic rings. The van der Waals surface area contributed by atoms with E-state index in [9.17, 15) is 4.21 Å². The SMILES string of the molecule is Cc1ccc2c(c1)CS(=O)CC2. The van der Waals surface area contributed by atoms with Crippen LogP contribution in [0.15, 0.2) is 18.2 Å². The molecule has 64 valence electrons. The second-order valence-electron chi connectivity index (χ2n) is 3.31. The maximum atomic E-state index is 11.2. The Bertz CT molecular complexity index is 331. The van der Waals surface area contributed by atoms with E-state index < -0.39 is 10.8 Å². The zero-order chi connectivity index (χ0) is 8.55. The van der Waals surface area contributed by atoms with Gasteiger partial charge in [-0.1, -0.05) is 23.8 Å². The molecule has 1 unspecified atom stereocenters. The third-order valence-corrected chi connectivity index (χ3v) is 3.57. The van der Waals surface area contributed by atoms with Crippen molar-refractivity contribution in [3.8, 4) is 0 Å². The maximum Gasteiger partial charge on any atom is 0.0488 e. The molecule has 0 radical (unpaired) electrons. The van der Waals surface area contributed by atoms with Gasteiger partial charge in [0.1, 0.15) is 0 Å². The molecule has 0 fully saturated rings. The van der Waals surface area contributed by atoms with Crippen molar-refractivity contribution in [2.75, 3.05) is 5.75 Å². The Morgan fingerprint density at radius 3 is 3.00 bits per heavy atom. The summed E-state index contributed by atoms with van der Waals surface area (Å²) >= 11 is 0. The lowest BCUT2D eigenvalue weighted by atomic mass is 10.0. The molecule has 0 bridgehead atoms. The van der Waals surface area contributed by atoms with Crippen LogP contribution in [0.2, 0.25) is 0 Å². The minimum atomic E-state index is -0.610. The molecular formula is C10H12OS. The van der Waals surface area contributed by atoms with E-state index in [0.29, 0.717) is 0 Å². The van der Waals surface area contributed by atoms with Crippen molar-refractivity contribution in [3.05, 3.63) is 34.9 Å². The Labute approximate surface area is 75.3 Å². The van der Waals surface area contributed by atoms with Crippen LogP contribution >= 0.6 is 0 Å². The zero-order valence-corrected chi connectivity index (χ0v) is 7.99. The van der Waals surface area contributed by atoms with Crippen LogP contribution in [0.3, 0.4) is 0 Å². The summed E-state index contributed by atoms with van der Waals surface area (Å²) < 4.78 is 11.2. The average molecular weight is 180 g/mol. The van der Waals surface area contributed by atoms with E-state index in [4.69, 9.17) is 0 Å². The highest BCUT2D eigenvalue weighted by molar-refractivity contribution is 7.84. The third kappa shape index (κ3) is 1.44. The van der Waals surface area contributed by atoms with E-state index in [1.54, 1.807) is 0 Å². The first-order chi connectivity index (χ1) is 5.75. The van der Waals surface area contributed by atoms with E-state index >= 15 is 0 Å². The van der Waals surface area contributed by atoms with Crippen molar-refractivity contribution in [1.29, 1.82) is 0 Å². The monoisotopic (exact) mass is 180 g/mol. The van der Waals surface area contributed by atoms with Gasteiger partial charge in [-0.15, -0.1) is 0 Å². The topological polar surface area (TPSA) is 17.1 Å². The van der Waals surface area contributed by atoms with Gasteiger partial charge in [-0.05, 0) is 24.5 Å². The largest absolute Gasteiger partial charge is 0.259 e. The summed E-state index contributed by atoms with van der Waals surface area (Å²) in [6, 6.07) is 6.46. The van der Waals surface area contributed by atoms with Gasteiger partial charge >= 0.3 is 0 Å². The van der Waals surface area contributed by atoms with E-state index in [-0.39, 0.29) is 0 Å². The molecule has 1 atom stereocenters. The van der Waals surface area contributed by atoms with Crippen LogP contribution in [0, 0.1) is 6.92 Å². The first kappa shape index (κ1) is 7.99. The van der Waals surface area contributed by atoms with E-state index in [1.165, 1.54) is 16.7 Å². The second-order valence-corrected chi connectivity index (χ2v) is 4.89. The van der Waals surface area contributed by atoms with Gasteiger partial charge in [0.2, 0.25) is 0 Å². The summed E-state index contributed by atoms with van der Waals surface area (Å²) in [7, 11) is -0.610. The summed E-state index contributed by atoms with van der Waals surface area (Å²) in [5, 5.41) is 0. The van der Waals surface area contributed by atoms with Crippen LogP contribution in [-0.4, -0.2) is 9.96 Å². The Balaban J connectivity index is 2.44. The minimum absolute atomic E-state index is 0.610. The van der Waals surface area contributed by atoms with Gasteiger partial charge in [0, 0.05) is 22.3 Å². The first-order valence-electron chi connectivity index (χ1n) is 4.19. The molecule has 0 aliphatic carbocycles. The zero-order valence-electron chi connectivity index (χ0n) is 7.17. The predicted octanol–water partition coefficient (Wildman–Crippen LogP) is 1.80. The lowest BCUT2D eigenvalue weighted by Crippen LogP contribution is -2.13. The molecule has 1 aromatic carbocycles. The Hall–Kier alpha value is -0.630. The van der Waals surface area contributed by atoms with Crippen molar-refractivity contribution in [3.63, 3.8) is 0 Å². The third-order valence-electron chi connectivity index (χ3n) is 2.28. The molecule has 2 heteroatoms. The van der Waals surface area contributed by atoms with Crippen LogP contribution < -0.4 is 0 Å². The number of hydrogen-bond acceptors (Lipinski definition) is 1. The van der Waals surface area contributed by atoms with Crippen LogP contribution in [-0.2, 0) is 23.0 Å². The van der Waals surface area contributed by atoms with E-state index in [2.05, 4.69) is 25.1 Å². The average Bonchev–Trinajstić information content (AvgIpc) is 2.03. The van der Waals surface area contributed by atoms with E-state index in [1.807, 2.05) is 0 Å². The number of aryl methyl sites for hydroxylation is 2. The fourth-order valence-corrected chi connectivity index (χ4v) is 2.81. The second kappa shape index (κ2) is 3.02. The molecule has 1 nitrogen and oxygen atoms in total. The number of benzene rings is 1. The highest BCUT2D eigenvalue weighted by Gasteiger charge is 2.13. The van der Waals surface area contributed by atoms with Gasteiger partial charge in [0.05, 0.1) is 0 Å². The van der Waals surface area contributed by atoms with E-state index in [0.717, 1.165) is 17.9 Å². The van der Waals surface area contributed by atoms with Gasteiger partial charge in [-0.3, -0.25) is 4.21 Å². The van der Waals surface area contributed by atoms with Crippen molar-refractivity contribution >= 4 is 10.8 Å². The van der Waals surface area contributed by atoms with Gasteiger partial charge in [0.25, 0.3) is 0 Å². The molecule has 0 aromatic heterocycles. The van der Waals surface area contributed by atoms with Crippen molar-refractivity contribution in [1.82, 2.24) is 0 Å². The predicted molar refractivity (Wildman–Crippen MR) is 51.6 cm³/mol. The molecule has 0 amide bonds. The molecule has 0 saturated heterocycles. The van der Waals surface area contributed by atoms with Crippen LogP contribution in [0.1, 0.15) is 16.7 Å². The lowest BCUT2D eigenvalue weighted by Gasteiger charge is -2.15. The number of hydrogen-bond donors (Lipinski definition) is 0. The Morgan fingerprint density at radius 1 is 1.33 bits per heavy atom. The molecule has 1 aliphatic rings. The molecule has 2 rings (SSSR count). The molecule has 1 heterocycles. The van der Waals surface area contributed by atoms with Crippen LogP contribution in [0.25, 0.3) is 0 Å². The van der Waals surface area contributed by atoms with Gasteiger partial charge in [-0.25, -0.2) is 0 Å². The van der Waals surface area contributed by atoms with Crippen molar-refractivity contribution < 1.29 is 4.21 Å². The summed E-state index contributed by atoms with van der Waals surface area (Å²) in [4.78, 5) is 0. The normalized spacial score (nSPS) is 21.9. The summed E-state index contributed by atoms with van der Waals surface area (Å²) in [5.41, 5.74) is 3.95. The molecule has 1 aliphatic heterocycles. The molecule has 0 N–H and O–H groups in total. The maximum absolute atomic E-state index is 11.2. The van der Waals surface area contributed by atoms with Gasteiger partial charge in [0.15, 0.2) is 0 Å². The Morgan fingerprint density at radius 2 is 2.17 bits per heavy atom. The highest BCUT2D eigenvalue weighted by atomic mass is 32.2. The lowest BCUT2D eigenvalue weighted by molar-refractivity contribution is 0.679. The molecule has 0 spiro atoms. The van der Waals surface area contributed by atoms with Gasteiger partial charge in [-0.2, -0.15) is 0 Å². The smallest absolute Gasteiger partial charge is 0.0488 e. The Kier molecular flexibility index (Phi) is 2.01. The highest BCUT2D eigenvalue weighted by Crippen LogP contribution is 2.19. The fourth-order valence-electron chi connectivity index (χ4n) is 1.60. The molecule has 0 saturated carbocycles. The molecular weight excluding hydrogens is 168 g/mol. The first-order valence-corrected chi connectivity index (χ1v) is 5.68. The minimum Gasteiger partial charge on any atom is -0.259 e. The standard InChI is InChI=1S/C10H12OS/c1-8-2-3-9-4-5-12(11)7-10(9)6-8/h2-3,6H,4-5,7H2,1H3. The van der Waals surface area contributed by atoms with Crippen LogP contribution in [0.4, 0.5) is 0 Å². The van der Waals surface area contributed by atoms with Crippen molar-refractivity contribution in [2.24, 2.45) is 0 Å². The quantitative estimate of drug-likeness (QED) is 0.595. The summed E-state index contributed by atoms with van der Waals surface area (Å²) in [6.07, 6.45) is 0.988. The number of fused-ring (bicyclic) bond motifs is 1. The van der Waals surface area contributed by atoms with Crippen molar-refractivity contribution in [2.45, 2.75) is 19.1 Å². The fraction of sp³-hybridized carbons (Fsp3) is 0.400. The molecule has 12 heavy (non-hydrogen) atoms. The van der Waals surface area contributed by atoms with Gasteiger partial charge < -0.3 is 0 Å². The summed E-state index contributed by atoms with van der Waals surface area (Å²) in [6.45, 7) is 2.08. The number of rotatable bonds is 0.